The third-order valence-corrected chi connectivity index (χ3v) is 2.37. The minimum atomic E-state index is -2.18. The SMILES string of the molecule is CN(CC(F)F)C1CCCC1. The maximum Gasteiger partial charge on any atom is 0.251 e. The summed E-state index contributed by atoms with van der Waals surface area (Å²) in [5, 5.41) is 0. The summed E-state index contributed by atoms with van der Waals surface area (Å²) in [6.07, 6.45) is 2.43. The van der Waals surface area contributed by atoms with Crippen molar-refractivity contribution in [3.8, 4) is 0 Å². The molecular formula is C8H15F2N. The zero-order chi connectivity index (χ0) is 8.27. The van der Waals surface area contributed by atoms with Gasteiger partial charge < -0.3 is 0 Å². The molecule has 0 radical (unpaired) electrons. The first kappa shape index (κ1) is 8.91. The van der Waals surface area contributed by atoms with Crippen LogP contribution in [0.25, 0.3) is 0 Å². The molecule has 1 fully saturated rings. The number of rotatable bonds is 3. The molecule has 0 aliphatic heterocycles. The van der Waals surface area contributed by atoms with Crippen LogP contribution in [0.5, 0.6) is 0 Å². The fourth-order valence-corrected chi connectivity index (χ4v) is 1.71. The van der Waals surface area contributed by atoms with Crippen LogP contribution in [0.1, 0.15) is 25.7 Å². The lowest BCUT2D eigenvalue weighted by atomic mass is 10.2. The molecule has 66 valence electrons. The van der Waals surface area contributed by atoms with Gasteiger partial charge in [-0.05, 0) is 19.9 Å². The van der Waals surface area contributed by atoms with E-state index >= 15 is 0 Å². The lowest BCUT2D eigenvalue weighted by Crippen LogP contribution is -2.33. The van der Waals surface area contributed by atoms with E-state index in [0.29, 0.717) is 6.04 Å². The molecule has 0 aromatic rings. The largest absolute Gasteiger partial charge is 0.298 e. The Labute approximate surface area is 66.4 Å². The average Bonchev–Trinajstić information content (AvgIpc) is 2.35. The van der Waals surface area contributed by atoms with Crippen molar-refractivity contribution in [3.63, 3.8) is 0 Å². The van der Waals surface area contributed by atoms with E-state index in [0.717, 1.165) is 12.8 Å². The number of alkyl halides is 2. The van der Waals surface area contributed by atoms with E-state index in [4.69, 9.17) is 0 Å². The normalized spacial score (nSPS) is 20.5. The van der Waals surface area contributed by atoms with Gasteiger partial charge in [0, 0.05) is 6.04 Å². The Balaban J connectivity index is 2.22. The molecule has 11 heavy (non-hydrogen) atoms. The summed E-state index contributed by atoms with van der Waals surface area (Å²) < 4.78 is 23.8. The van der Waals surface area contributed by atoms with Crippen LogP contribution >= 0.6 is 0 Å². The van der Waals surface area contributed by atoms with Gasteiger partial charge in [-0.1, -0.05) is 12.8 Å². The van der Waals surface area contributed by atoms with Gasteiger partial charge >= 0.3 is 0 Å². The molecule has 1 rings (SSSR count). The molecule has 0 spiro atoms. The molecule has 0 saturated heterocycles. The molecular weight excluding hydrogens is 148 g/mol. The topological polar surface area (TPSA) is 3.24 Å². The first-order valence-electron chi connectivity index (χ1n) is 4.18. The van der Waals surface area contributed by atoms with Crippen LogP contribution < -0.4 is 0 Å². The zero-order valence-corrected chi connectivity index (χ0v) is 6.89. The third kappa shape index (κ3) is 2.73. The van der Waals surface area contributed by atoms with Crippen molar-refractivity contribution in [3.05, 3.63) is 0 Å². The van der Waals surface area contributed by atoms with Gasteiger partial charge in [-0.25, -0.2) is 8.78 Å². The highest BCUT2D eigenvalue weighted by Gasteiger charge is 2.21. The predicted molar refractivity (Wildman–Crippen MR) is 40.9 cm³/mol. The van der Waals surface area contributed by atoms with E-state index in [9.17, 15) is 8.78 Å². The summed E-state index contributed by atoms with van der Waals surface area (Å²) >= 11 is 0. The molecule has 0 atom stereocenters. The van der Waals surface area contributed by atoms with Crippen molar-refractivity contribution >= 4 is 0 Å². The van der Waals surface area contributed by atoms with Gasteiger partial charge in [0.15, 0.2) is 0 Å². The molecule has 0 unspecified atom stereocenters. The van der Waals surface area contributed by atoms with Crippen LogP contribution in [0.2, 0.25) is 0 Å². The van der Waals surface area contributed by atoms with Crippen molar-refractivity contribution in [1.82, 2.24) is 4.90 Å². The highest BCUT2D eigenvalue weighted by molar-refractivity contribution is 4.75. The summed E-state index contributed by atoms with van der Waals surface area (Å²) in [5.74, 6) is 0. The monoisotopic (exact) mass is 163 g/mol. The molecule has 1 aliphatic carbocycles. The number of hydrogen-bond acceptors (Lipinski definition) is 1. The summed E-state index contributed by atoms with van der Waals surface area (Å²) in [6, 6.07) is 0.420. The minimum absolute atomic E-state index is 0.0648. The fraction of sp³-hybridized carbons (Fsp3) is 1.00. The van der Waals surface area contributed by atoms with E-state index in [1.165, 1.54) is 12.8 Å². The second kappa shape index (κ2) is 4.00. The molecule has 0 bridgehead atoms. The van der Waals surface area contributed by atoms with Gasteiger partial charge in [0.05, 0.1) is 6.54 Å². The van der Waals surface area contributed by atoms with Crippen molar-refractivity contribution in [1.29, 1.82) is 0 Å². The van der Waals surface area contributed by atoms with Crippen LogP contribution in [-0.4, -0.2) is 31.0 Å². The Kier molecular flexibility index (Phi) is 3.24. The highest BCUT2D eigenvalue weighted by atomic mass is 19.3. The summed E-state index contributed by atoms with van der Waals surface area (Å²) in [6.45, 7) is -0.0648. The summed E-state index contributed by atoms with van der Waals surface area (Å²) in [7, 11) is 1.79. The van der Waals surface area contributed by atoms with E-state index in [-0.39, 0.29) is 6.54 Å². The third-order valence-electron chi connectivity index (χ3n) is 2.37. The minimum Gasteiger partial charge on any atom is -0.298 e. The first-order valence-corrected chi connectivity index (χ1v) is 4.18. The Bertz CT molecular complexity index is 111. The fourth-order valence-electron chi connectivity index (χ4n) is 1.71. The quantitative estimate of drug-likeness (QED) is 0.616. The van der Waals surface area contributed by atoms with E-state index in [1.54, 1.807) is 11.9 Å². The first-order chi connectivity index (χ1) is 5.20. The van der Waals surface area contributed by atoms with Crippen molar-refractivity contribution in [2.24, 2.45) is 0 Å². The zero-order valence-electron chi connectivity index (χ0n) is 6.89. The molecule has 1 saturated carbocycles. The van der Waals surface area contributed by atoms with Crippen LogP contribution in [0, 0.1) is 0 Å². The van der Waals surface area contributed by atoms with E-state index in [2.05, 4.69) is 0 Å². The Morgan fingerprint density at radius 3 is 2.36 bits per heavy atom. The Morgan fingerprint density at radius 2 is 1.91 bits per heavy atom. The summed E-state index contributed by atoms with van der Waals surface area (Å²) in [5.41, 5.74) is 0. The maximum atomic E-state index is 11.9. The van der Waals surface area contributed by atoms with Gasteiger partial charge in [0.2, 0.25) is 0 Å². The number of halogens is 2. The van der Waals surface area contributed by atoms with Gasteiger partial charge in [-0.2, -0.15) is 0 Å². The van der Waals surface area contributed by atoms with Crippen LogP contribution in [-0.2, 0) is 0 Å². The van der Waals surface area contributed by atoms with Crippen molar-refractivity contribution < 1.29 is 8.78 Å². The Morgan fingerprint density at radius 1 is 1.36 bits per heavy atom. The second-order valence-electron chi connectivity index (χ2n) is 3.27. The molecule has 3 heteroatoms. The van der Waals surface area contributed by atoms with E-state index in [1.807, 2.05) is 0 Å². The Hall–Kier alpha value is -0.180. The molecule has 0 amide bonds. The maximum absolute atomic E-state index is 11.9. The molecule has 0 heterocycles. The van der Waals surface area contributed by atoms with Crippen molar-refractivity contribution in [2.75, 3.05) is 13.6 Å². The molecule has 0 aromatic heterocycles. The number of nitrogens with zero attached hydrogens (tertiary/aromatic N) is 1. The van der Waals surface area contributed by atoms with Crippen LogP contribution in [0.3, 0.4) is 0 Å². The number of hydrogen-bond donors (Lipinski definition) is 0. The molecule has 0 aromatic carbocycles. The van der Waals surface area contributed by atoms with Crippen LogP contribution in [0.15, 0.2) is 0 Å². The molecule has 1 nitrogen and oxygen atoms in total. The van der Waals surface area contributed by atoms with Gasteiger partial charge in [-0.15, -0.1) is 0 Å². The van der Waals surface area contributed by atoms with Gasteiger partial charge in [-0.3, -0.25) is 4.90 Å². The van der Waals surface area contributed by atoms with Crippen LogP contribution in [0.4, 0.5) is 8.78 Å². The highest BCUT2D eigenvalue weighted by Crippen LogP contribution is 2.22. The lowest BCUT2D eigenvalue weighted by Gasteiger charge is -2.22. The second-order valence-corrected chi connectivity index (χ2v) is 3.27. The molecule has 0 N–H and O–H groups in total. The predicted octanol–water partition coefficient (Wildman–Crippen LogP) is 2.13. The molecule has 1 aliphatic rings. The summed E-state index contributed by atoms with van der Waals surface area (Å²) in [4.78, 5) is 1.79. The van der Waals surface area contributed by atoms with Crippen molar-refractivity contribution in [2.45, 2.75) is 38.2 Å². The van der Waals surface area contributed by atoms with Gasteiger partial charge in [0.25, 0.3) is 6.43 Å². The van der Waals surface area contributed by atoms with Gasteiger partial charge in [0.1, 0.15) is 0 Å². The lowest BCUT2D eigenvalue weighted by molar-refractivity contribution is 0.0819. The average molecular weight is 163 g/mol. The standard InChI is InChI=1S/C8H15F2N/c1-11(6-8(9)10)7-4-2-3-5-7/h7-8H,2-6H2,1H3. The van der Waals surface area contributed by atoms with E-state index < -0.39 is 6.43 Å². The smallest absolute Gasteiger partial charge is 0.251 e.